The van der Waals surface area contributed by atoms with E-state index in [0.29, 0.717) is 19.3 Å². The standard InChI is InChI=1S/C14H24O3/c1-2-3-4-9-13-10-5-7-12(15)8-6-11-14(16)17-13/h5,7,12-13,15H,2-4,6,8-11H2,1H3/b7-5+. The van der Waals surface area contributed by atoms with Crippen LogP contribution < -0.4 is 0 Å². The average molecular weight is 240 g/mol. The fraction of sp³-hybridized carbons (Fsp3) is 0.786. The number of carbonyl (C=O) groups is 1. The summed E-state index contributed by atoms with van der Waals surface area (Å²) in [5.74, 6) is -0.117. The van der Waals surface area contributed by atoms with Crippen molar-refractivity contribution in [2.75, 3.05) is 0 Å². The molecule has 3 nitrogen and oxygen atoms in total. The highest BCUT2D eigenvalue weighted by molar-refractivity contribution is 5.69. The van der Waals surface area contributed by atoms with Gasteiger partial charge in [0.2, 0.25) is 0 Å². The number of ether oxygens (including phenoxy) is 1. The van der Waals surface area contributed by atoms with Crippen LogP contribution in [0.4, 0.5) is 0 Å². The van der Waals surface area contributed by atoms with Crippen molar-refractivity contribution in [2.24, 2.45) is 0 Å². The Hall–Kier alpha value is -0.830. The summed E-state index contributed by atoms with van der Waals surface area (Å²) in [6, 6.07) is 0. The minimum Gasteiger partial charge on any atom is -0.462 e. The van der Waals surface area contributed by atoms with Crippen molar-refractivity contribution in [3.63, 3.8) is 0 Å². The highest BCUT2D eigenvalue weighted by Crippen LogP contribution is 2.15. The minimum atomic E-state index is -0.405. The van der Waals surface area contributed by atoms with Gasteiger partial charge in [-0.15, -0.1) is 0 Å². The molecule has 1 aliphatic heterocycles. The molecule has 0 aliphatic carbocycles. The van der Waals surface area contributed by atoms with Crippen molar-refractivity contribution in [3.05, 3.63) is 12.2 Å². The molecule has 1 heterocycles. The molecule has 2 atom stereocenters. The monoisotopic (exact) mass is 240 g/mol. The van der Waals surface area contributed by atoms with E-state index in [2.05, 4.69) is 6.92 Å². The zero-order chi connectivity index (χ0) is 12.5. The Bertz CT molecular complexity index is 248. The number of unbranched alkanes of at least 4 members (excludes halogenated alkanes) is 2. The van der Waals surface area contributed by atoms with Gasteiger partial charge in [-0.1, -0.05) is 31.9 Å². The average Bonchev–Trinajstić information content (AvgIpc) is 2.28. The first-order chi connectivity index (χ1) is 8.22. The van der Waals surface area contributed by atoms with Crippen LogP contribution >= 0.6 is 0 Å². The second-order valence-electron chi connectivity index (χ2n) is 4.73. The third-order valence-corrected chi connectivity index (χ3v) is 3.07. The molecule has 0 bridgehead atoms. The highest BCUT2D eigenvalue weighted by Gasteiger charge is 2.15. The first-order valence-corrected chi connectivity index (χ1v) is 6.76. The quantitative estimate of drug-likeness (QED) is 0.467. The van der Waals surface area contributed by atoms with E-state index in [0.717, 1.165) is 19.3 Å². The van der Waals surface area contributed by atoms with E-state index in [1.807, 2.05) is 12.2 Å². The van der Waals surface area contributed by atoms with E-state index in [4.69, 9.17) is 4.74 Å². The molecule has 0 spiro atoms. The number of esters is 1. The van der Waals surface area contributed by atoms with Gasteiger partial charge in [0.1, 0.15) is 6.10 Å². The molecular weight excluding hydrogens is 216 g/mol. The summed E-state index contributed by atoms with van der Waals surface area (Å²) in [6.07, 6.45) is 10.2. The predicted molar refractivity (Wildman–Crippen MR) is 67.6 cm³/mol. The van der Waals surface area contributed by atoms with Crippen molar-refractivity contribution in [3.8, 4) is 0 Å². The molecule has 1 rings (SSSR count). The van der Waals surface area contributed by atoms with Gasteiger partial charge in [0.05, 0.1) is 6.10 Å². The maximum atomic E-state index is 11.5. The number of aliphatic hydroxyl groups is 1. The number of carbonyl (C=O) groups excluding carboxylic acids is 1. The Morgan fingerprint density at radius 1 is 1.47 bits per heavy atom. The molecule has 0 aromatic rings. The number of cyclic esters (lactones) is 1. The van der Waals surface area contributed by atoms with Crippen molar-refractivity contribution in [1.29, 1.82) is 0 Å². The van der Waals surface area contributed by atoms with Gasteiger partial charge < -0.3 is 9.84 Å². The molecule has 0 aromatic heterocycles. The smallest absolute Gasteiger partial charge is 0.306 e. The first-order valence-electron chi connectivity index (χ1n) is 6.76. The molecule has 0 amide bonds. The normalized spacial score (nSPS) is 28.5. The van der Waals surface area contributed by atoms with E-state index < -0.39 is 6.10 Å². The fourth-order valence-electron chi connectivity index (χ4n) is 2.03. The summed E-state index contributed by atoms with van der Waals surface area (Å²) < 4.78 is 5.44. The molecule has 17 heavy (non-hydrogen) atoms. The maximum Gasteiger partial charge on any atom is 0.306 e. The Labute approximate surface area is 104 Å². The van der Waals surface area contributed by atoms with E-state index in [-0.39, 0.29) is 12.1 Å². The van der Waals surface area contributed by atoms with Gasteiger partial charge in [-0.3, -0.25) is 4.79 Å². The third kappa shape index (κ3) is 6.47. The van der Waals surface area contributed by atoms with Crippen molar-refractivity contribution in [2.45, 2.75) is 70.5 Å². The molecular formula is C14H24O3. The number of aliphatic hydroxyl groups excluding tert-OH is 1. The van der Waals surface area contributed by atoms with Crippen LogP contribution in [0.25, 0.3) is 0 Å². The maximum absolute atomic E-state index is 11.5. The lowest BCUT2D eigenvalue weighted by Gasteiger charge is -2.18. The van der Waals surface area contributed by atoms with E-state index >= 15 is 0 Å². The molecule has 0 saturated carbocycles. The lowest BCUT2D eigenvalue weighted by atomic mass is 10.1. The Morgan fingerprint density at radius 2 is 2.29 bits per heavy atom. The van der Waals surface area contributed by atoms with Gasteiger partial charge in [0.25, 0.3) is 0 Å². The second-order valence-corrected chi connectivity index (χ2v) is 4.73. The topological polar surface area (TPSA) is 46.5 Å². The third-order valence-electron chi connectivity index (χ3n) is 3.07. The molecule has 0 aromatic carbocycles. The number of hydrogen-bond acceptors (Lipinski definition) is 3. The van der Waals surface area contributed by atoms with Crippen LogP contribution in [-0.4, -0.2) is 23.3 Å². The molecule has 2 unspecified atom stereocenters. The zero-order valence-corrected chi connectivity index (χ0v) is 10.7. The van der Waals surface area contributed by atoms with Gasteiger partial charge in [-0.2, -0.15) is 0 Å². The van der Waals surface area contributed by atoms with Gasteiger partial charge in [-0.05, 0) is 25.7 Å². The number of rotatable bonds is 4. The van der Waals surface area contributed by atoms with Crippen LogP contribution in [0.3, 0.4) is 0 Å². The molecule has 3 heteroatoms. The fourth-order valence-corrected chi connectivity index (χ4v) is 2.03. The summed E-state index contributed by atoms with van der Waals surface area (Å²) in [5.41, 5.74) is 0. The largest absolute Gasteiger partial charge is 0.462 e. The Morgan fingerprint density at radius 3 is 3.06 bits per heavy atom. The van der Waals surface area contributed by atoms with Crippen LogP contribution in [-0.2, 0) is 9.53 Å². The predicted octanol–water partition coefficient (Wildman–Crippen LogP) is 2.97. The number of hydrogen-bond donors (Lipinski definition) is 1. The van der Waals surface area contributed by atoms with Gasteiger partial charge >= 0.3 is 5.97 Å². The summed E-state index contributed by atoms with van der Waals surface area (Å²) in [4.78, 5) is 11.5. The van der Waals surface area contributed by atoms with Gasteiger partial charge in [-0.25, -0.2) is 0 Å². The van der Waals surface area contributed by atoms with Gasteiger partial charge in [0.15, 0.2) is 0 Å². The minimum absolute atomic E-state index is 0.00407. The second kappa shape index (κ2) is 8.29. The zero-order valence-electron chi connectivity index (χ0n) is 10.7. The Kier molecular flexibility index (Phi) is 6.94. The van der Waals surface area contributed by atoms with E-state index in [9.17, 15) is 9.90 Å². The molecule has 0 saturated heterocycles. The van der Waals surface area contributed by atoms with E-state index in [1.54, 1.807) is 0 Å². The SMILES string of the molecule is CCCCCC1C/C=C/C(O)CCCC(=O)O1. The van der Waals surface area contributed by atoms with Gasteiger partial charge in [0, 0.05) is 12.8 Å². The lowest BCUT2D eigenvalue weighted by Crippen LogP contribution is -2.19. The molecule has 98 valence electrons. The molecule has 0 radical (unpaired) electrons. The highest BCUT2D eigenvalue weighted by atomic mass is 16.5. The lowest BCUT2D eigenvalue weighted by molar-refractivity contribution is -0.149. The summed E-state index contributed by atoms with van der Waals surface area (Å²) in [5, 5.41) is 9.58. The molecule has 0 fully saturated rings. The molecule has 1 aliphatic rings. The van der Waals surface area contributed by atoms with Crippen LogP contribution in [0, 0.1) is 0 Å². The Balaban J connectivity index is 2.44. The van der Waals surface area contributed by atoms with Crippen LogP contribution in [0.5, 0.6) is 0 Å². The first kappa shape index (κ1) is 14.2. The summed E-state index contributed by atoms with van der Waals surface area (Å²) >= 11 is 0. The van der Waals surface area contributed by atoms with Crippen LogP contribution in [0.1, 0.15) is 58.3 Å². The van der Waals surface area contributed by atoms with Crippen molar-refractivity contribution < 1.29 is 14.6 Å². The summed E-state index contributed by atoms with van der Waals surface area (Å²) in [6.45, 7) is 2.16. The molecule has 1 N–H and O–H groups in total. The van der Waals surface area contributed by atoms with E-state index in [1.165, 1.54) is 12.8 Å². The van der Waals surface area contributed by atoms with Crippen molar-refractivity contribution in [1.82, 2.24) is 0 Å². The summed E-state index contributed by atoms with van der Waals surface area (Å²) in [7, 11) is 0. The van der Waals surface area contributed by atoms with Crippen LogP contribution in [0.2, 0.25) is 0 Å². The van der Waals surface area contributed by atoms with Crippen molar-refractivity contribution >= 4 is 5.97 Å². The van der Waals surface area contributed by atoms with Crippen LogP contribution in [0.15, 0.2) is 12.2 Å².